The maximum absolute atomic E-state index is 12.4. The Hall–Kier alpha value is -3.26. The molecule has 8 heteroatoms. The van der Waals surface area contributed by atoms with Crippen molar-refractivity contribution in [2.24, 2.45) is 5.92 Å². The average molecular weight is 389 g/mol. The van der Waals surface area contributed by atoms with Gasteiger partial charge >= 0.3 is 0 Å². The van der Waals surface area contributed by atoms with Crippen molar-refractivity contribution in [2.45, 2.75) is 32.4 Å². The first-order valence-corrected chi connectivity index (χ1v) is 10.0. The van der Waals surface area contributed by atoms with Crippen LogP contribution in [0.5, 0.6) is 0 Å². The van der Waals surface area contributed by atoms with Crippen molar-refractivity contribution in [1.29, 1.82) is 0 Å². The van der Waals surface area contributed by atoms with Crippen LogP contribution in [-0.4, -0.2) is 36.8 Å². The zero-order chi connectivity index (χ0) is 19.6. The lowest BCUT2D eigenvalue weighted by Crippen LogP contribution is -2.26. The molecule has 0 unspecified atom stereocenters. The zero-order valence-corrected chi connectivity index (χ0v) is 16.1. The Bertz CT molecular complexity index is 1160. The molecule has 4 aromatic rings. The maximum Gasteiger partial charge on any atom is 0.271 e. The van der Waals surface area contributed by atoms with E-state index in [9.17, 15) is 4.79 Å². The van der Waals surface area contributed by atoms with Crippen LogP contribution in [0.3, 0.4) is 0 Å². The van der Waals surface area contributed by atoms with E-state index in [1.807, 2.05) is 16.7 Å². The van der Waals surface area contributed by atoms with Crippen LogP contribution in [0.4, 0.5) is 0 Å². The third-order valence-electron chi connectivity index (χ3n) is 5.47. The average Bonchev–Trinajstić information content (AvgIpc) is 3.33. The predicted octanol–water partition coefficient (Wildman–Crippen LogP) is 2.43. The van der Waals surface area contributed by atoms with Gasteiger partial charge < -0.3 is 20.0 Å². The predicted molar refractivity (Wildman–Crippen MR) is 109 cm³/mol. The fourth-order valence-electron chi connectivity index (χ4n) is 3.60. The first-order chi connectivity index (χ1) is 14.2. The van der Waals surface area contributed by atoms with Gasteiger partial charge in [-0.05, 0) is 43.0 Å². The summed E-state index contributed by atoms with van der Waals surface area (Å²) in [5.41, 5.74) is 4.52. The quantitative estimate of drug-likeness (QED) is 0.451. The second kappa shape index (κ2) is 7.63. The minimum absolute atomic E-state index is 0.265. The largest absolute Gasteiger partial charge is 0.345 e. The van der Waals surface area contributed by atoms with Crippen molar-refractivity contribution in [3.63, 3.8) is 0 Å². The molecule has 0 spiro atoms. The number of H-pyrrole nitrogens is 1. The molecule has 1 fully saturated rings. The molecular formula is C21H23N7O. The van der Waals surface area contributed by atoms with Gasteiger partial charge in [0.25, 0.3) is 5.91 Å². The fraction of sp³-hybridized carbons (Fsp3) is 0.333. The number of carbonyl (C=O) groups excluding carboxylic acids is 1. The molecule has 0 aliphatic heterocycles. The van der Waals surface area contributed by atoms with Gasteiger partial charge in [0.05, 0.1) is 18.4 Å². The molecule has 1 saturated carbocycles. The van der Waals surface area contributed by atoms with Gasteiger partial charge in [0, 0.05) is 25.1 Å². The summed E-state index contributed by atoms with van der Waals surface area (Å²) in [6, 6.07) is 5.90. The molecule has 1 aliphatic carbocycles. The summed E-state index contributed by atoms with van der Waals surface area (Å²) in [5, 5.41) is 6.41. The van der Waals surface area contributed by atoms with E-state index in [1.54, 1.807) is 12.3 Å². The van der Waals surface area contributed by atoms with Crippen LogP contribution in [0, 0.1) is 5.92 Å². The standard InChI is InChI=1S/C21H23N7O/c29-21(18-11-24-20-17(27-18)6-7-23-20)25-10-16-13-28-12-15(4-5-19(28)26-16)9-22-8-14-2-1-3-14/h4-7,11-14,22H,1-3,8-10H2,(H,23,24)(H,25,29). The van der Waals surface area contributed by atoms with Gasteiger partial charge in [-0.15, -0.1) is 0 Å². The summed E-state index contributed by atoms with van der Waals surface area (Å²) >= 11 is 0. The van der Waals surface area contributed by atoms with Gasteiger partial charge in [0.2, 0.25) is 0 Å². The second-order valence-corrected chi connectivity index (χ2v) is 7.61. The van der Waals surface area contributed by atoms with Crippen molar-refractivity contribution in [2.75, 3.05) is 6.54 Å². The van der Waals surface area contributed by atoms with E-state index in [2.05, 4.69) is 42.8 Å². The van der Waals surface area contributed by atoms with Gasteiger partial charge in [-0.25, -0.2) is 15.0 Å². The number of hydrogen-bond donors (Lipinski definition) is 3. The van der Waals surface area contributed by atoms with Crippen molar-refractivity contribution >= 4 is 22.7 Å². The highest BCUT2D eigenvalue weighted by molar-refractivity contribution is 5.93. The molecule has 3 N–H and O–H groups in total. The summed E-state index contributed by atoms with van der Waals surface area (Å²) in [6.45, 7) is 2.29. The van der Waals surface area contributed by atoms with E-state index in [4.69, 9.17) is 0 Å². The van der Waals surface area contributed by atoms with Gasteiger partial charge in [0.1, 0.15) is 16.9 Å². The Morgan fingerprint density at radius 3 is 2.97 bits per heavy atom. The van der Waals surface area contributed by atoms with Crippen LogP contribution in [0.25, 0.3) is 16.8 Å². The van der Waals surface area contributed by atoms with Crippen LogP contribution >= 0.6 is 0 Å². The minimum Gasteiger partial charge on any atom is -0.345 e. The summed E-state index contributed by atoms with van der Waals surface area (Å²) in [7, 11) is 0. The third kappa shape index (κ3) is 3.84. The smallest absolute Gasteiger partial charge is 0.271 e. The van der Waals surface area contributed by atoms with Crippen LogP contribution in [0.2, 0.25) is 0 Å². The summed E-state index contributed by atoms with van der Waals surface area (Å²) in [4.78, 5) is 28.4. The second-order valence-electron chi connectivity index (χ2n) is 7.61. The Labute approximate surface area is 167 Å². The topological polar surface area (TPSA) is 100 Å². The first kappa shape index (κ1) is 17.8. The molecule has 0 saturated heterocycles. The summed E-state index contributed by atoms with van der Waals surface area (Å²) < 4.78 is 2.01. The lowest BCUT2D eigenvalue weighted by molar-refractivity contribution is 0.0945. The number of nitrogens with zero attached hydrogens (tertiary/aromatic N) is 4. The Morgan fingerprint density at radius 1 is 1.17 bits per heavy atom. The molecule has 0 bridgehead atoms. The fourth-order valence-corrected chi connectivity index (χ4v) is 3.60. The summed E-state index contributed by atoms with van der Waals surface area (Å²) in [5.74, 6) is 0.586. The molecule has 29 heavy (non-hydrogen) atoms. The minimum atomic E-state index is -0.265. The van der Waals surface area contributed by atoms with E-state index in [0.717, 1.165) is 30.3 Å². The van der Waals surface area contributed by atoms with Crippen LogP contribution in [0.15, 0.2) is 43.0 Å². The number of hydrogen-bond acceptors (Lipinski definition) is 5. The molecule has 0 aromatic carbocycles. The SMILES string of the molecule is O=C(NCc1cn2cc(CNCC3CCC3)ccc2n1)c1cnc2[nH]ccc2n1. The molecule has 4 aromatic heterocycles. The van der Waals surface area contributed by atoms with Crippen molar-refractivity contribution < 1.29 is 4.79 Å². The van der Waals surface area contributed by atoms with Crippen molar-refractivity contribution in [3.8, 4) is 0 Å². The van der Waals surface area contributed by atoms with Gasteiger partial charge in [-0.2, -0.15) is 0 Å². The highest BCUT2D eigenvalue weighted by atomic mass is 16.1. The van der Waals surface area contributed by atoms with E-state index >= 15 is 0 Å². The molecule has 148 valence electrons. The number of fused-ring (bicyclic) bond motifs is 2. The number of aromatic amines is 1. The van der Waals surface area contributed by atoms with Crippen molar-refractivity contribution in [1.82, 2.24) is 35.0 Å². The highest BCUT2D eigenvalue weighted by Crippen LogP contribution is 2.25. The maximum atomic E-state index is 12.4. The number of pyridine rings is 1. The first-order valence-electron chi connectivity index (χ1n) is 10.0. The molecule has 5 rings (SSSR count). The van der Waals surface area contributed by atoms with E-state index in [-0.39, 0.29) is 5.91 Å². The highest BCUT2D eigenvalue weighted by Gasteiger charge is 2.16. The molecular weight excluding hydrogens is 366 g/mol. The van der Waals surface area contributed by atoms with Crippen LogP contribution < -0.4 is 10.6 Å². The van der Waals surface area contributed by atoms with Gasteiger partial charge in [0.15, 0.2) is 5.65 Å². The van der Waals surface area contributed by atoms with Crippen molar-refractivity contribution in [3.05, 3.63) is 59.9 Å². The number of aromatic nitrogens is 5. The molecule has 0 atom stereocenters. The lowest BCUT2D eigenvalue weighted by Gasteiger charge is -2.25. The van der Waals surface area contributed by atoms with Crippen LogP contribution in [0.1, 0.15) is 41.0 Å². The molecule has 0 radical (unpaired) electrons. The molecule has 4 heterocycles. The van der Waals surface area contributed by atoms with E-state index in [1.165, 1.54) is 31.0 Å². The third-order valence-corrected chi connectivity index (χ3v) is 5.47. The molecule has 1 aliphatic rings. The molecule has 1 amide bonds. The number of imidazole rings is 1. The van der Waals surface area contributed by atoms with Gasteiger partial charge in [-0.1, -0.05) is 12.5 Å². The number of rotatable bonds is 7. The molecule has 8 nitrogen and oxygen atoms in total. The van der Waals surface area contributed by atoms with E-state index < -0.39 is 0 Å². The zero-order valence-electron chi connectivity index (χ0n) is 16.1. The lowest BCUT2D eigenvalue weighted by atomic mass is 9.85. The number of amides is 1. The Kier molecular flexibility index (Phi) is 4.69. The van der Waals surface area contributed by atoms with E-state index in [0.29, 0.717) is 23.4 Å². The monoisotopic (exact) mass is 389 g/mol. The van der Waals surface area contributed by atoms with Crippen LogP contribution in [-0.2, 0) is 13.1 Å². The Balaban J connectivity index is 1.21. The number of carbonyl (C=O) groups is 1. The normalized spacial score (nSPS) is 14.3. The van der Waals surface area contributed by atoms with Gasteiger partial charge in [-0.3, -0.25) is 4.79 Å². The summed E-state index contributed by atoms with van der Waals surface area (Å²) in [6.07, 6.45) is 11.3. The number of nitrogens with one attached hydrogen (secondary N) is 3. The Morgan fingerprint density at radius 2 is 2.10 bits per heavy atom.